The minimum Gasteiger partial charge on any atom is -0.480 e. The summed E-state index contributed by atoms with van der Waals surface area (Å²) in [4.78, 5) is 38.7. The van der Waals surface area contributed by atoms with Gasteiger partial charge in [0, 0.05) is 11.8 Å². The number of aliphatic carboxylic acids is 1. The molecule has 1 fully saturated rings. The second-order valence-corrected chi connectivity index (χ2v) is 7.33. The Morgan fingerprint density at radius 1 is 0.846 bits per heavy atom. The number of carboxylic acid groups (broad SMARTS) is 1. The monoisotopic (exact) mass is 347 g/mol. The van der Waals surface area contributed by atoms with Gasteiger partial charge in [0.25, 0.3) is 0 Å². The van der Waals surface area contributed by atoms with E-state index in [2.05, 4.69) is 0 Å². The summed E-state index contributed by atoms with van der Waals surface area (Å²) in [5.41, 5.74) is 4.35. The molecular weight excluding hydrogens is 330 g/mol. The Kier molecular flexibility index (Phi) is 2.97. The number of rotatable bonds is 2. The highest BCUT2D eigenvalue weighted by Gasteiger charge is 2.62. The number of imide groups is 1. The highest BCUT2D eigenvalue weighted by Crippen LogP contribution is 2.61. The number of amides is 2. The number of benzene rings is 2. The van der Waals surface area contributed by atoms with Crippen LogP contribution in [-0.2, 0) is 14.4 Å². The molecule has 2 aromatic carbocycles. The normalized spacial score (nSPS) is 29.2. The molecule has 26 heavy (non-hydrogen) atoms. The molecule has 6 rings (SSSR count). The van der Waals surface area contributed by atoms with E-state index in [0.29, 0.717) is 0 Å². The van der Waals surface area contributed by atoms with Crippen molar-refractivity contribution >= 4 is 17.8 Å². The molecule has 2 amide bonds. The van der Waals surface area contributed by atoms with E-state index >= 15 is 0 Å². The third-order valence-corrected chi connectivity index (χ3v) is 6.23. The summed E-state index contributed by atoms with van der Waals surface area (Å²) >= 11 is 0. The lowest BCUT2D eigenvalue weighted by atomic mass is 9.55. The van der Waals surface area contributed by atoms with Gasteiger partial charge in [-0.2, -0.15) is 0 Å². The van der Waals surface area contributed by atoms with Crippen molar-refractivity contribution in [2.75, 3.05) is 0 Å². The van der Waals surface area contributed by atoms with E-state index in [0.717, 1.165) is 27.2 Å². The van der Waals surface area contributed by atoms with Gasteiger partial charge in [-0.05, 0) is 29.2 Å². The summed E-state index contributed by atoms with van der Waals surface area (Å²) < 4.78 is 0. The maximum atomic E-state index is 13.1. The third kappa shape index (κ3) is 1.68. The van der Waals surface area contributed by atoms with Crippen LogP contribution in [0, 0.1) is 11.8 Å². The molecule has 2 aromatic rings. The summed E-state index contributed by atoms with van der Waals surface area (Å²) in [6.07, 6.45) is 0. The Labute approximate surface area is 150 Å². The van der Waals surface area contributed by atoms with Crippen molar-refractivity contribution in [3.8, 4) is 0 Å². The van der Waals surface area contributed by atoms with Gasteiger partial charge in [0.2, 0.25) is 11.8 Å². The molecule has 5 heteroatoms. The molecular formula is C21H17NO4. The Morgan fingerprint density at radius 2 is 1.19 bits per heavy atom. The fraction of sp³-hybridized carbons (Fsp3) is 0.286. The van der Waals surface area contributed by atoms with Crippen molar-refractivity contribution < 1.29 is 19.5 Å². The minimum atomic E-state index is -1.16. The lowest BCUT2D eigenvalue weighted by molar-refractivity contribution is -0.154. The maximum Gasteiger partial charge on any atom is 0.326 e. The lowest BCUT2D eigenvalue weighted by Crippen LogP contribution is -2.43. The second kappa shape index (κ2) is 5.04. The highest BCUT2D eigenvalue weighted by atomic mass is 16.4. The van der Waals surface area contributed by atoms with Crippen molar-refractivity contribution in [1.29, 1.82) is 0 Å². The molecule has 0 saturated carbocycles. The van der Waals surface area contributed by atoms with Crippen LogP contribution in [0.4, 0.5) is 0 Å². The SMILES string of the molecule is C[C@@H](C(=O)O)N1C(=O)[C@@H]2C3c4ccccc4C(c4ccccc43)[C@H]2C1=O. The van der Waals surface area contributed by atoms with E-state index < -0.39 is 23.8 Å². The van der Waals surface area contributed by atoms with Gasteiger partial charge in [0.1, 0.15) is 6.04 Å². The van der Waals surface area contributed by atoms with Crippen molar-refractivity contribution in [2.24, 2.45) is 11.8 Å². The first-order valence-corrected chi connectivity index (χ1v) is 8.79. The molecule has 3 aliphatic carbocycles. The summed E-state index contributed by atoms with van der Waals surface area (Å²) in [6.45, 7) is 1.40. The number of nitrogens with zero attached hydrogens (tertiary/aromatic N) is 1. The van der Waals surface area contributed by atoms with Crippen molar-refractivity contribution in [3.05, 3.63) is 70.8 Å². The third-order valence-electron chi connectivity index (χ3n) is 6.23. The van der Waals surface area contributed by atoms with Crippen molar-refractivity contribution in [1.82, 2.24) is 4.90 Å². The Hall–Kier alpha value is -2.95. The van der Waals surface area contributed by atoms with Gasteiger partial charge in [0.15, 0.2) is 0 Å². The zero-order valence-electron chi connectivity index (χ0n) is 14.1. The van der Waals surface area contributed by atoms with E-state index in [1.807, 2.05) is 48.5 Å². The quantitative estimate of drug-likeness (QED) is 0.846. The van der Waals surface area contributed by atoms with E-state index in [-0.39, 0.29) is 23.7 Å². The fourth-order valence-electron chi connectivity index (χ4n) is 5.19. The molecule has 1 heterocycles. The van der Waals surface area contributed by atoms with Crippen LogP contribution in [0.3, 0.4) is 0 Å². The van der Waals surface area contributed by atoms with Crippen molar-refractivity contribution in [2.45, 2.75) is 24.8 Å². The summed E-state index contributed by atoms with van der Waals surface area (Å²) in [7, 11) is 0. The number of likely N-dealkylation sites (tertiary alicyclic amines) is 1. The zero-order valence-corrected chi connectivity index (χ0v) is 14.1. The predicted molar refractivity (Wildman–Crippen MR) is 92.5 cm³/mol. The number of carbonyl (C=O) groups excluding carboxylic acids is 2. The van der Waals surface area contributed by atoms with Crippen LogP contribution < -0.4 is 0 Å². The average Bonchev–Trinajstić information content (AvgIpc) is 2.92. The summed E-state index contributed by atoms with van der Waals surface area (Å²) in [5.74, 6) is -3.28. The first-order valence-electron chi connectivity index (χ1n) is 8.79. The van der Waals surface area contributed by atoms with Gasteiger partial charge in [-0.15, -0.1) is 0 Å². The van der Waals surface area contributed by atoms with Crippen LogP contribution in [-0.4, -0.2) is 33.8 Å². The molecule has 1 saturated heterocycles. The van der Waals surface area contributed by atoms with E-state index in [1.54, 1.807) is 0 Å². The zero-order chi connectivity index (χ0) is 18.2. The highest BCUT2D eigenvalue weighted by molar-refractivity contribution is 6.09. The van der Waals surface area contributed by atoms with Crippen LogP contribution >= 0.6 is 0 Å². The second-order valence-electron chi connectivity index (χ2n) is 7.33. The van der Waals surface area contributed by atoms with Crippen molar-refractivity contribution in [3.63, 3.8) is 0 Å². The van der Waals surface area contributed by atoms with Gasteiger partial charge in [-0.25, -0.2) is 4.79 Å². The van der Waals surface area contributed by atoms with Crippen LogP contribution in [0.1, 0.15) is 41.0 Å². The maximum absolute atomic E-state index is 13.1. The number of hydrogen-bond acceptors (Lipinski definition) is 3. The predicted octanol–water partition coefficient (Wildman–Crippen LogP) is 2.35. The first kappa shape index (κ1) is 15.3. The van der Waals surface area contributed by atoms with Crippen LogP contribution in [0.15, 0.2) is 48.5 Å². The average molecular weight is 347 g/mol. The van der Waals surface area contributed by atoms with E-state index in [4.69, 9.17) is 0 Å². The molecule has 5 nitrogen and oxygen atoms in total. The van der Waals surface area contributed by atoms with E-state index in [9.17, 15) is 19.5 Å². The molecule has 0 spiro atoms. The first-order chi connectivity index (χ1) is 12.5. The number of hydrogen-bond donors (Lipinski definition) is 1. The molecule has 1 aliphatic heterocycles. The molecule has 0 aromatic heterocycles. The Balaban J connectivity index is 1.74. The van der Waals surface area contributed by atoms with E-state index in [1.165, 1.54) is 6.92 Å². The van der Waals surface area contributed by atoms with Gasteiger partial charge in [-0.3, -0.25) is 14.5 Å². The molecule has 2 bridgehead atoms. The topological polar surface area (TPSA) is 74.7 Å². The summed E-state index contributed by atoms with van der Waals surface area (Å²) in [6, 6.07) is 14.8. The molecule has 0 unspecified atom stereocenters. The Morgan fingerprint density at radius 3 is 1.50 bits per heavy atom. The smallest absolute Gasteiger partial charge is 0.326 e. The minimum absolute atomic E-state index is 0.195. The number of carboxylic acids is 1. The Bertz CT molecular complexity index is 866. The molecule has 0 radical (unpaired) electrons. The van der Waals surface area contributed by atoms with Gasteiger partial charge in [-0.1, -0.05) is 48.5 Å². The fourth-order valence-corrected chi connectivity index (χ4v) is 5.19. The van der Waals surface area contributed by atoms with Crippen LogP contribution in [0.2, 0.25) is 0 Å². The van der Waals surface area contributed by atoms with Gasteiger partial charge in [0.05, 0.1) is 11.8 Å². The van der Waals surface area contributed by atoms with Crippen LogP contribution in [0.25, 0.3) is 0 Å². The largest absolute Gasteiger partial charge is 0.480 e. The summed E-state index contributed by atoms with van der Waals surface area (Å²) in [5, 5.41) is 9.36. The molecule has 4 aliphatic rings. The molecule has 3 atom stereocenters. The van der Waals surface area contributed by atoms with Crippen LogP contribution in [0.5, 0.6) is 0 Å². The number of carbonyl (C=O) groups is 3. The molecule has 130 valence electrons. The standard InChI is InChI=1S/C21H17NO4/c1-10(21(25)26)22-19(23)17-15-11-6-2-3-7-12(11)16(18(17)20(22)24)14-9-5-4-8-13(14)15/h2-10,15-18H,1H3,(H,25,26)/t10-,15?,16?,17+,18+/m0/s1. The molecule has 1 N–H and O–H groups in total. The van der Waals surface area contributed by atoms with Gasteiger partial charge >= 0.3 is 5.97 Å². The lowest BCUT2D eigenvalue weighted by Gasteiger charge is -2.45. The van der Waals surface area contributed by atoms with Gasteiger partial charge < -0.3 is 5.11 Å².